The molecule has 0 aliphatic carbocycles. The zero-order chi connectivity index (χ0) is 17.5. The summed E-state index contributed by atoms with van der Waals surface area (Å²) in [5.74, 6) is -0.786. The number of para-hydroxylation sites is 1. The predicted octanol–water partition coefficient (Wildman–Crippen LogP) is 1.34. The van der Waals surface area contributed by atoms with Crippen LogP contribution in [0.1, 0.15) is 32.3 Å². The van der Waals surface area contributed by atoms with Crippen molar-refractivity contribution < 1.29 is 14.7 Å². The fourth-order valence-electron chi connectivity index (χ4n) is 2.84. The number of phenolic OH excluding ortho intramolecular Hbond substituents is 1. The highest BCUT2D eigenvalue weighted by Crippen LogP contribution is 2.18. The number of hydrogen-bond donors (Lipinski definition) is 2. The van der Waals surface area contributed by atoms with E-state index < -0.39 is 11.8 Å². The lowest BCUT2D eigenvalue weighted by molar-refractivity contribution is -0.152. The van der Waals surface area contributed by atoms with Gasteiger partial charge in [0, 0.05) is 44.3 Å². The summed E-state index contributed by atoms with van der Waals surface area (Å²) in [6.45, 7) is 6.60. The van der Waals surface area contributed by atoms with Crippen LogP contribution in [0.5, 0.6) is 5.75 Å². The smallest absolute Gasteiger partial charge is 0.312 e. The van der Waals surface area contributed by atoms with Gasteiger partial charge in [0.1, 0.15) is 5.75 Å². The number of piperazine rings is 1. The van der Waals surface area contributed by atoms with Crippen molar-refractivity contribution in [2.75, 3.05) is 26.2 Å². The molecule has 1 unspecified atom stereocenters. The summed E-state index contributed by atoms with van der Waals surface area (Å²) in [6.07, 6.45) is 1.76. The van der Waals surface area contributed by atoms with Crippen LogP contribution in [0.25, 0.3) is 0 Å². The number of phenols is 1. The second kappa shape index (κ2) is 8.68. The summed E-state index contributed by atoms with van der Waals surface area (Å²) in [4.78, 5) is 28.4. The number of aromatic hydroxyl groups is 1. The zero-order valence-electron chi connectivity index (χ0n) is 14.5. The first kappa shape index (κ1) is 18.3. The van der Waals surface area contributed by atoms with Crippen molar-refractivity contribution in [3.63, 3.8) is 0 Å². The number of carbonyl (C=O) groups is 2. The van der Waals surface area contributed by atoms with Gasteiger partial charge in [-0.15, -0.1) is 0 Å². The molecule has 2 N–H and O–H groups in total. The highest BCUT2D eigenvalue weighted by atomic mass is 16.3. The van der Waals surface area contributed by atoms with E-state index in [0.717, 1.165) is 12.8 Å². The summed E-state index contributed by atoms with van der Waals surface area (Å²) < 4.78 is 0. The predicted molar refractivity (Wildman–Crippen MR) is 92.5 cm³/mol. The van der Waals surface area contributed by atoms with Gasteiger partial charge in [0.05, 0.1) is 0 Å². The maximum atomic E-state index is 12.7. The molecule has 0 saturated carbocycles. The minimum absolute atomic E-state index is 0.148. The Bertz CT molecular complexity index is 576. The first-order valence-corrected chi connectivity index (χ1v) is 8.61. The fourth-order valence-corrected chi connectivity index (χ4v) is 2.84. The lowest BCUT2D eigenvalue weighted by Crippen LogP contribution is -2.55. The van der Waals surface area contributed by atoms with E-state index in [-0.39, 0.29) is 18.3 Å². The monoisotopic (exact) mass is 333 g/mol. The maximum absolute atomic E-state index is 12.7. The Hall–Kier alpha value is -2.08. The number of rotatable bonds is 5. The van der Waals surface area contributed by atoms with Gasteiger partial charge in [-0.25, -0.2) is 0 Å². The van der Waals surface area contributed by atoms with E-state index in [2.05, 4.69) is 5.32 Å². The molecular weight excluding hydrogens is 306 g/mol. The van der Waals surface area contributed by atoms with Crippen LogP contribution in [0.15, 0.2) is 24.3 Å². The molecule has 1 aromatic carbocycles. The van der Waals surface area contributed by atoms with Crippen molar-refractivity contribution in [2.24, 2.45) is 0 Å². The number of carbonyl (C=O) groups excluding carboxylic acids is 2. The normalized spacial score (nSPS) is 17.6. The van der Waals surface area contributed by atoms with E-state index in [1.165, 1.54) is 0 Å². The molecule has 1 aromatic rings. The van der Waals surface area contributed by atoms with Gasteiger partial charge >= 0.3 is 11.8 Å². The second-order valence-corrected chi connectivity index (χ2v) is 6.32. The standard InChI is InChI=1S/C18H27N3O3/c1-3-4-10-20(13-15-7-5-6-8-16(15)22)17(23)18(24)21-11-9-19-14(2)12-21/h5-8,14,19,22H,3-4,9-13H2,1-2H3. The van der Waals surface area contributed by atoms with E-state index in [0.29, 0.717) is 31.7 Å². The molecule has 1 aliphatic heterocycles. The van der Waals surface area contributed by atoms with Crippen molar-refractivity contribution in [3.05, 3.63) is 29.8 Å². The molecule has 0 bridgehead atoms. The summed E-state index contributed by atoms with van der Waals surface area (Å²) in [5, 5.41) is 13.2. The highest BCUT2D eigenvalue weighted by molar-refractivity contribution is 6.34. The molecule has 6 nitrogen and oxygen atoms in total. The van der Waals surface area contributed by atoms with E-state index in [9.17, 15) is 14.7 Å². The van der Waals surface area contributed by atoms with Gasteiger partial charge in [0.15, 0.2) is 0 Å². The number of nitrogens with one attached hydrogen (secondary N) is 1. The van der Waals surface area contributed by atoms with E-state index in [4.69, 9.17) is 0 Å². The van der Waals surface area contributed by atoms with Gasteiger partial charge < -0.3 is 20.2 Å². The molecule has 2 amide bonds. The average Bonchev–Trinajstić information content (AvgIpc) is 2.59. The molecule has 24 heavy (non-hydrogen) atoms. The molecule has 0 radical (unpaired) electrons. The topological polar surface area (TPSA) is 72.9 Å². The van der Waals surface area contributed by atoms with Gasteiger partial charge in [-0.3, -0.25) is 9.59 Å². The summed E-state index contributed by atoms with van der Waals surface area (Å²) in [7, 11) is 0. The van der Waals surface area contributed by atoms with Crippen molar-refractivity contribution in [1.29, 1.82) is 0 Å². The number of nitrogens with zero attached hydrogens (tertiary/aromatic N) is 2. The Labute approximate surface area is 143 Å². The molecule has 132 valence electrons. The molecule has 1 heterocycles. The van der Waals surface area contributed by atoms with E-state index >= 15 is 0 Å². The third kappa shape index (κ3) is 4.71. The van der Waals surface area contributed by atoms with Gasteiger partial charge in [0.2, 0.25) is 0 Å². The summed E-state index contributed by atoms with van der Waals surface area (Å²) >= 11 is 0. The average molecular weight is 333 g/mol. The Morgan fingerprint density at radius 1 is 1.38 bits per heavy atom. The minimum atomic E-state index is -0.485. The highest BCUT2D eigenvalue weighted by Gasteiger charge is 2.29. The van der Waals surface area contributed by atoms with Crippen LogP contribution < -0.4 is 5.32 Å². The third-order valence-corrected chi connectivity index (χ3v) is 4.26. The zero-order valence-corrected chi connectivity index (χ0v) is 14.5. The van der Waals surface area contributed by atoms with Crippen molar-refractivity contribution in [1.82, 2.24) is 15.1 Å². The first-order valence-electron chi connectivity index (χ1n) is 8.61. The number of benzene rings is 1. The first-order chi connectivity index (χ1) is 11.5. The molecule has 6 heteroatoms. The Kier molecular flexibility index (Phi) is 6.61. The van der Waals surface area contributed by atoms with E-state index in [1.807, 2.05) is 19.9 Å². The quantitative estimate of drug-likeness (QED) is 0.798. The largest absolute Gasteiger partial charge is 0.508 e. The molecule has 1 fully saturated rings. The molecule has 1 aliphatic rings. The van der Waals surface area contributed by atoms with Crippen LogP contribution in [0.3, 0.4) is 0 Å². The van der Waals surface area contributed by atoms with Crippen LogP contribution in [0.4, 0.5) is 0 Å². The lowest BCUT2D eigenvalue weighted by Gasteiger charge is -2.33. The Morgan fingerprint density at radius 3 is 2.79 bits per heavy atom. The molecule has 1 saturated heterocycles. The third-order valence-electron chi connectivity index (χ3n) is 4.26. The number of hydrogen-bond acceptors (Lipinski definition) is 4. The number of amides is 2. The molecule has 0 spiro atoms. The van der Waals surface area contributed by atoms with Crippen molar-refractivity contribution in [3.8, 4) is 5.75 Å². The van der Waals surface area contributed by atoms with E-state index in [1.54, 1.807) is 28.0 Å². The lowest BCUT2D eigenvalue weighted by atomic mass is 10.1. The molecule has 2 rings (SSSR count). The maximum Gasteiger partial charge on any atom is 0.312 e. The van der Waals surface area contributed by atoms with Crippen LogP contribution in [-0.4, -0.2) is 58.9 Å². The van der Waals surface area contributed by atoms with Crippen molar-refractivity contribution >= 4 is 11.8 Å². The summed E-state index contributed by atoms with van der Waals surface area (Å²) in [6, 6.07) is 7.12. The molecular formula is C18H27N3O3. The molecule has 1 atom stereocenters. The second-order valence-electron chi connectivity index (χ2n) is 6.32. The van der Waals surface area contributed by atoms with Crippen LogP contribution in [-0.2, 0) is 16.1 Å². The van der Waals surface area contributed by atoms with Crippen LogP contribution in [0.2, 0.25) is 0 Å². The van der Waals surface area contributed by atoms with Crippen molar-refractivity contribution in [2.45, 2.75) is 39.3 Å². The van der Waals surface area contributed by atoms with Gasteiger partial charge in [-0.1, -0.05) is 31.5 Å². The van der Waals surface area contributed by atoms with Gasteiger partial charge in [-0.05, 0) is 19.4 Å². The Morgan fingerprint density at radius 2 is 2.12 bits per heavy atom. The van der Waals surface area contributed by atoms with Gasteiger partial charge in [-0.2, -0.15) is 0 Å². The van der Waals surface area contributed by atoms with Crippen LogP contribution in [0, 0.1) is 0 Å². The SMILES string of the molecule is CCCCN(Cc1ccccc1O)C(=O)C(=O)N1CCNC(C)C1. The Balaban J connectivity index is 2.09. The summed E-state index contributed by atoms with van der Waals surface area (Å²) in [5.41, 5.74) is 0.656. The van der Waals surface area contributed by atoms with Gasteiger partial charge in [0.25, 0.3) is 0 Å². The molecule has 0 aromatic heterocycles. The van der Waals surface area contributed by atoms with Crippen LogP contribution >= 0.6 is 0 Å². The fraction of sp³-hybridized carbons (Fsp3) is 0.556. The number of unbranched alkanes of at least 4 members (excludes halogenated alkanes) is 1. The minimum Gasteiger partial charge on any atom is -0.508 e.